The molecular weight excluding hydrogens is 290 g/mol. The number of aromatic nitrogens is 5. The number of hydrogen-bond acceptors (Lipinski definition) is 4. The first kappa shape index (κ1) is 14.1. The van der Waals surface area contributed by atoms with Crippen molar-refractivity contribution >= 4 is 11.9 Å². The van der Waals surface area contributed by atoms with Gasteiger partial charge in [0.15, 0.2) is 5.82 Å². The highest BCUT2D eigenvalue weighted by Gasteiger charge is 2.27. The fourth-order valence-corrected chi connectivity index (χ4v) is 3.67. The van der Waals surface area contributed by atoms with Crippen molar-refractivity contribution in [3.63, 3.8) is 0 Å². The van der Waals surface area contributed by atoms with Crippen molar-refractivity contribution in [3.05, 3.63) is 37.1 Å². The van der Waals surface area contributed by atoms with Crippen LogP contribution in [0.15, 0.2) is 37.1 Å². The van der Waals surface area contributed by atoms with Gasteiger partial charge in [0.2, 0.25) is 0 Å². The van der Waals surface area contributed by atoms with Gasteiger partial charge in [-0.3, -0.25) is 9.08 Å². The Balaban J connectivity index is 1.70. The second-order valence-corrected chi connectivity index (χ2v) is 6.16. The predicted molar refractivity (Wildman–Crippen MR) is 85.9 cm³/mol. The van der Waals surface area contributed by atoms with E-state index in [2.05, 4.69) is 15.1 Å². The van der Waals surface area contributed by atoms with Crippen molar-refractivity contribution in [2.24, 2.45) is 5.92 Å². The number of carbonyl (C=O) groups is 1. The van der Waals surface area contributed by atoms with Gasteiger partial charge in [-0.05, 0) is 30.9 Å². The summed E-state index contributed by atoms with van der Waals surface area (Å²) in [6.45, 7) is 0. The molecule has 4 rings (SSSR count). The lowest BCUT2D eigenvalue weighted by atomic mass is 9.96. The molecule has 0 bridgehead atoms. The monoisotopic (exact) mass is 309 g/mol. The third-order valence-corrected chi connectivity index (χ3v) is 4.81. The molecule has 1 atom stereocenters. The van der Waals surface area contributed by atoms with Crippen LogP contribution in [0.25, 0.3) is 17.0 Å². The molecule has 23 heavy (non-hydrogen) atoms. The Morgan fingerprint density at radius 3 is 3.00 bits per heavy atom. The first-order valence-electron chi connectivity index (χ1n) is 8.13. The molecule has 1 unspecified atom stereocenters. The summed E-state index contributed by atoms with van der Waals surface area (Å²) in [6, 6.07) is 4.06. The summed E-state index contributed by atoms with van der Waals surface area (Å²) in [5.74, 6) is 1.37. The highest BCUT2D eigenvalue weighted by Crippen LogP contribution is 2.36. The Morgan fingerprint density at radius 2 is 2.17 bits per heavy atom. The largest absolute Gasteiger partial charge is 0.303 e. The molecule has 0 N–H and O–H groups in total. The predicted octanol–water partition coefficient (Wildman–Crippen LogP) is 2.91. The number of hydrogen-bond donors (Lipinski definition) is 0. The zero-order valence-electron chi connectivity index (χ0n) is 12.9. The maximum atomic E-state index is 11.1. The van der Waals surface area contributed by atoms with E-state index in [1.807, 2.05) is 39.8 Å². The molecule has 0 spiro atoms. The van der Waals surface area contributed by atoms with Crippen LogP contribution in [0, 0.1) is 5.92 Å². The average Bonchev–Trinajstić information content (AvgIpc) is 3.32. The van der Waals surface area contributed by atoms with E-state index >= 15 is 0 Å². The fraction of sp³-hybridized carbons (Fsp3) is 0.412. The summed E-state index contributed by atoms with van der Waals surface area (Å²) < 4.78 is 3.91. The van der Waals surface area contributed by atoms with Crippen LogP contribution in [0.3, 0.4) is 0 Å². The Kier molecular flexibility index (Phi) is 3.65. The van der Waals surface area contributed by atoms with Crippen molar-refractivity contribution in [1.82, 2.24) is 24.1 Å². The minimum Gasteiger partial charge on any atom is -0.303 e. The summed E-state index contributed by atoms with van der Waals surface area (Å²) in [5, 5.41) is 4.53. The van der Waals surface area contributed by atoms with Crippen LogP contribution in [0.1, 0.15) is 38.1 Å². The van der Waals surface area contributed by atoms with E-state index in [9.17, 15) is 4.79 Å². The molecule has 3 aromatic rings. The number of nitrogens with zero attached hydrogens (tertiary/aromatic N) is 5. The van der Waals surface area contributed by atoms with Gasteiger partial charge < -0.3 is 4.79 Å². The van der Waals surface area contributed by atoms with Crippen LogP contribution in [-0.4, -0.2) is 30.4 Å². The van der Waals surface area contributed by atoms with Gasteiger partial charge in [-0.25, -0.2) is 9.97 Å². The van der Waals surface area contributed by atoms with Crippen LogP contribution in [0.5, 0.6) is 0 Å². The average molecular weight is 309 g/mol. The summed E-state index contributed by atoms with van der Waals surface area (Å²) in [6.07, 6.45) is 13.8. The van der Waals surface area contributed by atoms with Crippen molar-refractivity contribution in [2.45, 2.75) is 38.1 Å². The molecule has 0 saturated heterocycles. The van der Waals surface area contributed by atoms with Gasteiger partial charge in [0.05, 0.1) is 17.8 Å². The molecule has 1 saturated carbocycles. The number of rotatable bonds is 5. The zero-order valence-corrected chi connectivity index (χ0v) is 12.9. The van der Waals surface area contributed by atoms with Gasteiger partial charge in [-0.1, -0.05) is 12.8 Å². The maximum absolute atomic E-state index is 11.1. The molecule has 3 aromatic heterocycles. The molecule has 3 heterocycles. The minimum atomic E-state index is 0.158. The molecule has 6 nitrogen and oxygen atoms in total. The number of fused-ring (bicyclic) bond motifs is 1. The van der Waals surface area contributed by atoms with Gasteiger partial charge in [-0.15, -0.1) is 0 Å². The highest BCUT2D eigenvalue weighted by molar-refractivity contribution is 5.57. The topological polar surface area (TPSA) is 65.1 Å². The van der Waals surface area contributed by atoms with Gasteiger partial charge in [0, 0.05) is 18.8 Å². The van der Waals surface area contributed by atoms with Crippen molar-refractivity contribution in [3.8, 4) is 11.4 Å². The van der Waals surface area contributed by atoms with Crippen molar-refractivity contribution in [1.29, 1.82) is 0 Å². The SMILES string of the molecule is O=CCC(C1CCCC1)n1cc(-c2ncnc3cccn23)cn1. The Bertz CT molecular complexity index is 815. The normalized spacial score (nSPS) is 16.9. The van der Waals surface area contributed by atoms with Crippen molar-refractivity contribution in [2.75, 3.05) is 0 Å². The third-order valence-electron chi connectivity index (χ3n) is 4.81. The van der Waals surface area contributed by atoms with Crippen LogP contribution in [-0.2, 0) is 4.79 Å². The Labute approximate surface area is 134 Å². The zero-order chi connectivity index (χ0) is 15.6. The molecule has 118 valence electrons. The molecule has 0 aliphatic heterocycles. The summed E-state index contributed by atoms with van der Waals surface area (Å²) >= 11 is 0. The highest BCUT2D eigenvalue weighted by atomic mass is 16.1. The van der Waals surface area contributed by atoms with Crippen molar-refractivity contribution < 1.29 is 4.79 Å². The maximum Gasteiger partial charge on any atom is 0.150 e. The van der Waals surface area contributed by atoms with E-state index < -0.39 is 0 Å². The smallest absolute Gasteiger partial charge is 0.150 e. The lowest BCUT2D eigenvalue weighted by Gasteiger charge is -2.21. The Hall–Kier alpha value is -2.50. The molecule has 1 aliphatic rings. The lowest BCUT2D eigenvalue weighted by Crippen LogP contribution is -2.18. The van der Waals surface area contributed by atoms with Crippen LogP contribution >= 0.6 is 0 Å². The molecule has 0 aromatic carbocycles. The molecule has 6 heteroatoms. The quantitative estimate of drug-likeness (QED) is 0.680. The van der Waals surface area contributed by atoms with Crippen LogP contribution in [0.4, 0.5) is 0 Å². The Morgan fingerprint density at radius 1 is 1.30 bits per heavy atom. The molecule has 1 fully saturated rings. The van der Waals surface area contributed by atoms with Gasteiger partial charge in [0.1, 0.15) is 18.3 Å². The van der Waals surface area contributed by atoms with E-state index in [4.69, 9.17) is 0 Å². The third kappa shape index (κ3) is 2.54. The standard InChI is InChI=1S/C17H19N5O/c23-9-7-15(13-4-1-2-5-13)22-11-14(10-20-22)17-19-12-18-16-6-3-8-21(16)17/h3,6,8-13,15H,1-2,4-5,7H2. The van der Waals surface area contributed by atoms with E-state index in [0.29, 0.717) is 12.3 Å². The second kappa shape index (κ2) is 5.95. The summed E-state index contributed by atoms with van der Waals surface area (Å²) in [4.78, 5) is 19.7. The van der Waals surface area contributed by atoms with E-state index in [1.165, 1.54) is 25.7 Å². The molecule has 0 amide bonds. The van der Waals surface area contributed by atoms with Crippen LogP contribution in [0.2, 0.25) is 0 Å². The lowest BCUT2D eigenvalue weighted by molar-refractivity contribution is -0.108. The van der Waals surface area contributed by atoms with Gasteiger partial charge in [0.25, 0.3) is 0 Å². The van der Waals surface area contributed by atoms with Gasteiger partial charge >= 0.3 is 0 Å². The van der Waals surface area contributed by atoms with E-state index in [1.54, 1.807) is 6.33 Å². The molecule has 0 radical (unpaired) electrons. The molecule has 1 aliphatic carbocycles. The molecular formula is C17H19N5O. The van der Waals surface area contributed by atoms with Gasteiger partial charge in [-0.2, -0.15) is 5.10 Å². The number of aldehydes is 1. The summed E-state index contributed by atoms with van der Waals surface area (Å²) in [5.41, 5.74) is 1.81. The first-order chi connectivity index (χ1) is 11.4. The first-order valence-corrected chi connectivity index (χ1v) is 8.13. The number of carbonyl (C=O) groups excluding carboxylic acids is 1. The van der Waals surface area contributed by atoms with E-state index in [-0.39, 0.29) is 6.04 Å². The second-order valence-electron chi connectivity index (χ2n) is 6.16. The van der Waals surface area contributed by atoms with E-state index in [0.717, 1.165) is 23.3 Å². The summed E-state index contributed by atoms with van der Waals surface area (Å²) in [7, 11) is 0. The minimum absolute atomic E-state index is 0.158. The van der Waals surface area contributed by atoms with Crippen LogP contribution < -0.4 is 0 Å². The fourth-order valence-electron chi connectivity index (χ4n) is 3.67.